The SMILES string of the molecule is CSNc1nc(C)n2c(-c3ccc(C#CC(C)(C)O)nc3C(Cc3cc(F)cc(F)c3)NC(=O)n3nc(C(F)(F)F)c4c3C(F)(F)CC4)cccc12. The first-order valence-corrected chi connectivity index (χ1v) is 17.0. The van der Waals surface area contributed by atoms with E-state index in [9.17, 15) is 31.9 Å². The average Bonchev–Trinajstić information content (AvgIpc) is 3.70. The van der Waals surface area contributed by atoms with Crippen molar-refractivity contribution < 1.29 is 40.6 Å². The van der Waals surface area contributed by atoms with Crippen molar-refractivity contribution >= 4 is 29.3 Å². The van der Waals surface area contributed by atoms with Crippen LogP contribution in [0.3, 0.4) is 0 Å². The topological polar surface area (TPSA) is 109 Å². The summed E-state index contributed by atoms with van der Waals surface area (Å²) in [4.78, 5) is 23.2. The van der Waals surface area contributed by atoms with Crippen molar-refractivity contribution in [3.05, 3.63) is 99.9 Å². The van der Waals surface area contributed by atoms with Gasteiger partial charge in [-0.15, -0.1) is 0 Å². The molecule has 3 N–H and O–H groups in total. The van der Waals surface area contributed by atoms with Gasteiger partial charge in [-0.25, -0.2) is 23.5 Å². The highest BCUT2D eigenvalue weighted by atomic mass is 32.2. The third kappa shape index (κ3) is 7.30. The lowest BCUT2D eigenvalue weighted by atomic mass is 9.96. The number of alkyl halides is 5. The molecular formula is C35H30F7N7O2S. The molecule has 0 bridgehead atoms. The Bertz CT molecular complexity index is 2250. The summed E-state index contributed by atoms with van der Waals surface area (Å²) in [5.41, 5.74) is -3.53. The molecule has 5 aromatic rings. The number of benzene rings is 1. The monoisotopic (exact) mass is 745 g/mol. The number of hydrogen-bond acceptors (Lipinski definition) is 7. The molecule has 1 aromatic carbocycles. The van der Waals surface area contributed by atoms with Gasteiger partial charge in [0.1, 0.15) is 34.4 Å². The number of imidazole rings is 1. The van der Waals surface area contributed by atoms with Crippen molar-refractivity contribution in [3.8, 4) is 23.1 Å². The van der Waals surface area contributed by atoms with Crippen molar-refractivity contribution in [1.29, 1.82) is 0 Å². The van der Waals surface area contributed by atoms with E-state index >= 15 is 8.78 Å². The predicted molar refractivity (Wildman–Crippen MR) is 180 cm³/mol. The Kier molecular flexibility index (Phi) is 9.51. The van der Waals surface area contributed by atoms with Crippen LogP contribution in [0.25, 0.3) is 16.8 Å². The van der Waals surface area contributed by atoms with Gasteiger partial charge in [-0.05, 0) is 81.5 Å². The first kappa shape index (κ1) is 36.7. The van der Waals surface area contributed by atoms with Crippen molar-refractivity contribution in [2.75, 3.05) is 11.0 Å². The normalized spacial score (nSPS) is 14.5. The molecule has 0 spiro atoms. The minimum Gasteiger partial charge on any atom is -0.378 e. The van der Waals surface area contributed by atoms with Gasteiger partial charge in [0, 0.05) is 29.9 Å². The van der Waals surface area contributed by atoms with Gasteiger partial charge in [0.15, 0.2) is 11.5 Å². The van der Waals surface area contributed by atoms with Gasteiger partial charge in [-0.1, -0.05) is 23.9 Å². The number of aromatic nitrogens is 5. The summed E-state index contributed by atoms with van der Waals surface area (Å²) >= 11 is 1.31. The molecule has 0 saturated carbocycles. The smallest absolute Gasteiger partial charge is 0.378 e. The van der Waals surface area contributed by atoms with Gasteiger partial charge in [0.2, 0.25) is 0 Å². The second kappa shape index (κ2) is 13.5. The Balaban J connectivity index is 1.58. The Morgan fingerprint density at radius 3 is 2.46 bits per heavy atom. The van der Waals surface area contributed by atoms with Crippen molar-refractivity contribution in [1.82, 2.24) is 29.5 Å². The Labute approximate surface area is 296 Å². The summed E-state index contributed by atoms with van der Waals surface area (Å²) in [6, 6.07) is 8.08. The van der Waals surface area contributed by atoms with Crippen molar-refractivity contribution in [2.24, 2.45) is 0 Å². The lowest BCUT2D eigenvalue weighted by molar-refractivity contribution is -0.142. The minimum absolute atomic E-state index is 0.000916. The van der Waals surface area contributed by atoms with Gasteiger partial charge in [0.25, 0.3) is 5.92 Å². The second-order valence-electron chi connectivity index (χ2n) is 12.7. The quantitative estimate of drug-likeness (QED) is 0.0896. The summed E-state index contributed by atoms with van der Waals surface area (Å²) in [6.07, 6.45) is -5.36. The van der Waals surface area contributed by atoms with Crippen LogP contribution >= 0.6 is 11.9 Å². The Morgan fingerprint density at radius 1 is 1.10 bits per heavy atom. The first-order valence-electron chi connectivity index (χ1n) is 15.7. The zero-order valence-corrected chi connectivity index (χ0v) is 28.8. The Morgan fingerprint density at radius 2 is 1.81 bits per heavy atom. The molecule has 4 aromatic heterocycles. The van der Waals surface area contributed by atoms with Crippen molar-refractivity contribution in [3.63, 3.8) is 0 Å². The van der Waals surface area contributed by atoms with Gasteiger partial charge in [-0.2, -0.15) is 31.7 Å². The van der Waals surface area contributed by atoms with Crippen LogP contribution in [0.1, 0.15) is 66.0 Å². The van der Waals surface area contributed by atoms with Crippen LogP contribution < -0.4 is 10.0 Å². The molecule has 6 rings (SSSR count). The summed E-state index contributed by atoms with van der Waals surface area (Å²) in [6.45, 7) is 4.61. The van der Waals surface area contributed by atoms with E-state index in [0.717, 1.165) is 12.1 Å². The number of aryl methyl sites for hydroxylation is 1. The average molecular weight is 746 g/mol. The van der Waals surface area contributed by atoms with Crippen LogP contribution in [0.4, 0.5) is 41.3 Å². The van der Waals surface area contributed by atoms with E-state index in [4.69, 9.17) is 0 Å². The number of fused-ring (bicyclic) bond motifs is 2. The summed E-state index contributed by atoms with van der Waals surface area (Å²) in [5.74, 6) is 0.718. The fourth-order valence-corrected chi connectivity index (χ4v) is 6.51. The number of pyridine rings is 2. The highest BCUT2D eigenvalue weighted by molar-refractivity contribution is 7.99. The lowest BCUT2D eigenvalue weighted by Gasteiger charge is -2.23. The summed E-state index contributed by atoms with van der Waals surface area (Å²) in [7, 11) is 0. The lowest BCUT2D eigenvalue weighted by Crippen LogP contribution is -2.37. The van der Waals surface area contributed by atoms with E-state index in [1.54, 1.807) is 35.6 Å². The molecule has 1 aliphatic carbocycles. The molecule has 0 saturated heterocycles. The van der Waals surface area contributed by atoms with E-state index in [-0.39, 0.29) is 21.6 Å². The number of anilines is 1. The number of rotatable bonds is 7. The maximum Gasteiger partial charge on any atom is 0.435 e. The summed E-state index contributed by atoms with van der Waals surface area (Å²) in [5, 5.41) is 16.0. The number of halogens is 7. The molecular weight excluding hydrogens is 715 g/mol. The van der Waals surface area contributed by atoms with Gasteiger partial charge >= 0.3 is 12.2 Å². The molecule has 272 valence electrons. The van der Waals surface area contributed by atoms with Crippen LogP contribution in [-0.2, 0) is 24.9 Å². The maximum absolute atomic E-state index is 15.1. The third-order valence-corrected chi connectivity index (χ3v) is 8.59. The second-order valence-corrected chi connectivity index (χ2v) is 13.3. The molecule has 52 heavy (non-hydrogen) atoms. The van der Waals surface area contributed by atoms with E-state index < -0.39 is 77.6 Å². The molecule has 9 nitrogen and oxygen atoms in total. The molecule has 1 amide bonds. The molecule has 17 heteroatoms. The number of carbonyl (C=O) groups excluding carboxylic acids is 1. The first-order chi connectivity index (χ1) is 24.4. The number of carbonyl (C=O) groups is 1. The molecule has 4 heterocycles. The van der Waals surface area contributed by atoms with Gasteiger partial charge < -0.3 is 15.1 Å². The third-order valence-electron chi connectivity index (χ3n) is 8.20. The van der Waals surface area contributed by atoms with Gasteiger partial charge in [-0.3, -0.25) is 4.40 Å². The predicted octanol–water partition coefficient (Wildman–Crippen LogP) is 7.59. The number of nitrogens with zero attached hydrogens (tertiary/aromatic N) is 5. The van der Waals surface area contributed by atoms with Crippen LogP contribution in [0, 0.1) is 30.4 Å². The van der Waals surface area contributed by atoms with Crippen LogP contribution in [0.2, 0.25) is 0 Å². The maximum atomic E-state index is 15.1. The van der Waals surface area contributed by atoms with E-state index in [0.29, 0.717) is 34.5 Å². The minimum atomic E-state index is -5.14. The number of hydrogen-bond donors (Lipinski definition) is 3. The fraction of sp³-hybridized carbons (Fsp3) is 0.314. The molecule has 0 aliphatic heterocycles. The van der Waals surface area contributed by atoms with E-state index in [1.807, 2.05) is 6.26 Å². The molecule has 1 atom stereocenters. The van der Waals surface area contributed by atoms with E-state index in [2.05, 4.69) is 36.9 Å². The molecule has 1 unspecified atom stereocenters. The molecule has 0 radical (unpaired) electrons. The van der Waals surface area contributed by atoms with E-state index in [1.165, 1.54) is 31.9 Å². The van der Waals surface area contributed by atoms with Gasteiger partial charge in [0.05, 0.1) is 22.9 Å². The molecule has 1 aliphatic rings. The highest BCUT2D eigenvalue weighted by Gasteiger charge is 2.51. The zero-order valence-electron chi connectivity index (χ0n) is 28.0. The standard InChI is InChI=1S/C35H30F7N7O2S/c1-18-43-31(47-52-4)27-7-5-6-26(48(18)27)23-9-8-22(10-12-33(2,3)51)44-28(23)25(16-19-14-20(36)17-21(37)15-19)45-32(50)49-30-24(11-13-34(30,38)39)29(46-49)35(40,41)42/h5-9,14-15,17,25,47,51H,11,13,16H2,1-4H3,(H,45,50). The molecule has 0 fully saturated rings. The van der Waals surface area contributed by atoms with Crippen LogP contribution in [0.5, 0.6) is 0 Å². The Hall–Kier alpha value is -5.08. The van der Waals surface area contributed by atoms with Crippen LogP contribution in [0.15, 0.2) is 48.5 Å². The fourth-order valence-electron chi connectivity index (χ4n) is 6.17. The number of aliphatic hydroxyl groups is 1. The van der Waals surface area contributed by atoms with Crippen molar-refractivity contribution in [2.45, 2.75) is 63.8 Å². The summed E-state index contributed by atoms with van der Waals surface area (Å²) < 4.78 is 106. The van der Waals surface area contributed by atoms with Crippen LogP contribution in [-0.4, -0.2) is 47.1 Å². The zero-order chi connectivity index (χ0) is 37.7. The largest absolute Gasteiger partial charge is 0.435 e. The highest BCUT2D eigenvalue weighted by Crippen LogP contribution is 2.46. The number of amides is 1. The number of nitrogens with one attached hydrogen (secondary N) is 2.